The van der Waals surface area contributed by atoms with Crippen LogP contribution in [0.4, 0.5) is 0 Å². The molecule has 0 radical (unpaired) electrons. The van der Waals surface area contributed by atoms with Crippen molar-refractivity contribution in [2.45, 2.75) is 57.9 Å². The van der Waals surface area contributed by atoms with Gasteiger partial charge in [-0.3, -0.25) is 4.79 Å². The van der Waals surface area contributed by atoms with Crippen molar-refractivity contribution in [1.82, 2.24) is 5.32 Å². The molecule has 0 bridgehead atoms. The molecule has 0 aliphatic rings. The highest BCUT2D eigenvalue weighted by atomic mass is 28.4. The van der Waals surface area contributed by atoms with Crippen molar-refractivity contribution >= 4 is 14.3 Å². The van der Waals surface area contributed by atoms with E-state index < -0.39 is 14.4 Å². The topological polar surface area (TPSA) is 47.6 Å². The molecule has 0 unspecified atom stereocenters. The quantitative estimate of drug-likeness (QED) is 0.504. The van der Waals surface area contributed by atoms with E-state index in [1.165, 1.54) is 7.11 Å². The number of nitrogens with one attached hydrogen (secondary N) is 1. The van der Waals surface area contributed by atoms with E-state index in [1.54, 1.807) is 0 Å². The van der Waals surface area contributed by atoms with E-state index in [-0.39, 0.29) is 11.0 Å². The summed E-state index contributed by atoms with van der Waals surface area (Å²) < 4.78 is 11.3. The number of hydrogen-bond donors (Lipinski definition) is 1. The predicted molar refractivity (Wildman–Crippen MR) is 117 cm³/mol. The van der Waals surface area contributed by atoms with E-state index in [0.717, 1.165) is 16.9 Å². The minimum absolute atomic E-state index is 0.156. The Kier molecular flexibility index (Phi) is 7.44. The van der Waals surface area contributed by atoms with Crippen LogP contribution in [0.5, 0.6) is 5.75 Å². The Morgan fingerprint density at radius 2 is 1.61 bits per heavy atom. The van der Waals surface area contributed by atoms with Crippen LogP contribution in [0.15, 0.2) is 54.6 Å². The van der Waals surface area contributed by atoms with Gasteiger partial charge >= 0.3 is 5.97 Å². The Bertz CT molecular complexity index is 752. The Balaban J connectivity index is 2.03. The van der Waals surface area contributed by atoms with E-state index in [1.807, 2.05) is 54.6 Å². The van der Waals surface area contributed by atoms with Crippen LogP contribution in [0.2, 0.25) is 18.1 Å². The Morgan fingerprint density at radius 1 is 1.00 bits per heavy atom. The van der Waals surface area contributed by atoms with Gasteiger partial charge in [0.05, 0.1) is 7.11 Å². The summed E-state index contributed by atoms with van der Waals surface area (Å²) in [5.41, 5.74) is 2.20. The van der Waals surface area contributed by atoms with Crippen LogP contribution in [0.3, 0.4) is 0 Å². The Morgan fingerprint density at radius 3 is 2.14 bits per heavy atom. The maximum absolute atomic E-state index is 12.2. The zero-order valence-electron chi connectivity index (χ0n) is 17.9. The number of carbonyl (C=O) groups is 1. The lowest BCUT2D eigenvalue weighted by Crippen LogP contribution is -2.43. The molecule has 0 aliphatic heterocycles. The average Bonchev–Trinajstić information content (AvgIpc) is 2.65. The lowest BCUT2D eigenvalue weighted by molar-refractivity contribution is -0.143. The first kappa shape index (κ1) is 22.2. The third kappa shape index (κ3) is 6.21. The minimum atomic E-state index is -1.86. The highest BCUT2D eigenvalue weighted by molar-refractivity contribution is 6.74. The number of benzene rings is 2. The zero-order chi connectivity index (χ0) is 20.8. The molecule has 2 aromatic carbocycles. The number of methoxy groups -OCH3 is 1. The predicted octanol–water partition coefficient (Wildman–Crippen LogP) is 4.94. The lowest BCUT2D eigenvalue weighted by atomic mass is 10.1. The summed E-state index contributed by atoms with van der Waals surface area (Å²) in [6.45, 7) is 11.8. The third-order valence-electron chi connectivity index (χ3n) is 5.42. The number of carbonyl (C=O) groups excluding carboxylic acids is 1. The van der Waals surface area contributed by atoms with E-state index in [4.69, 9.17) is 9.16 Å². The van der Waals surface area contributed by atoms with Crippen LogP contribution < -0.4 is 9.74 Å². The summed E-state index contributed by atoms with van der Waals surface area (Å²) in [6.07, 6.45) is 0.569. The normalized spacial score (nSPS) is 13.1. The number of esters is 1. The fourth-order valence-corrected chi connectivity index (χ4v) is 3.63. The standard InChI is InChI=1S/C23H33NO3Si/c1-23(2,3)28(5,6)27-20-14-12-18(13-15-20)16-21(22(25)26-4)24-17-19-10-8-7-9-11-19/h7-15,21,24H,16-17H2,1-6H3/t21-/m0/s1. The summed E-state index contributed by atoms with van der Waals surface area (Å²) in [5.74, 6) is 0.639. The average molecular weight is 400 g/mol. The number of rotatable bonds is 8. The summed E-state index contributed by atoms with van der Waals surface area (Å²) in [6, 6.07) is 17.7. The first-order valence-corrected chi connectivity index (χ1v) is 12.7. The molecule has 28 heavy (non-hydrogen) atoms. The SMILES string of the molecule is COC(=O)[C@H](Cc1ccc(O[Si](C)(C)C(C)(C)C)cc1)NCc1ccccc1. The first-order valence-electron chi connectivity index (χ1n) is 9.75. The highest BCUT2D eigenvalue weighted by Gasteiger charge is 2.38. The molecular formula is C23H33NO3Si. The molecule has 0 heterocycles. The van der Waals surface area contributed by atoms with Crippen LogP contribution in [0.25, 0.3) is 0 Å². The summed E-state index contributed by atoms with van der Waals surface area (Å²) in [4.78, 5) is 12.2. The van der Waals surface area contributed by atoms with E-state index in [2.05, 4.69) is 39.2 Å². The van der Waals surface area contributed by atoms with Gasteiger partial charge in [0.25, 0.3) is 0 Å². The maximum Gasteiger partial charge on any atom is 0.323 e. The highest BCUT2D eigenvalue weighted by Crippen LogP contribution is 2.37. The molecule has 1 N–H and O–H groups in total. The van der Waals surface area contributed by atoms with Crippen LogP contribution in [0.1, 0.15) is 31.9 Å². The lowest BCUT2D eigenvalue weighted by Gasteiger charge is -2.36. The van der Waals surface area contributed by atoms with Crippen LogP contribution in [0, 0.1) is 0 Å². The fraction of sp³-hybridized carbons (Fsp3) is 0.435. The van der Waals surface area contributed by atoms with Crippen molar-refractivity contribution in [3.63, 3.8) is 0 Å². The second-order valence-electron chi connectivity index (χ2n) is 8.65. The summed E-state index contributed by atoms with van der Waals surface area (Å²) >= 11 is 0. The van der Waals surface area contributed by atoms with Crippen molar-refractivity contribution in [2.75, 3.05) is 7.11 Å². The Labute approximate surface area is 170 Å². The molecule has 2 rings (SSSR count). The van der Waals surface area contributed by atoms with Gasteiger partial charge in [-0.05, 0) is 47.8 Å². The molecule has 0 amide bonds. The molecule has 152 valence electrons. The van der Waals surface area contributed by atoms with Gasteiger partial charge in [-0.25, -0.2) is 0 Å². The molecule has 0 aliphatic carbocycles. The smallest absolute Gasteiger partial charge is 0.323 e. The van der Waals surface area contributed by atoms with Crippen molar-refractivity contribution in [2.24, 2.45) is 0 Å². The van der Waals surface area contributed by atoms with E-state index in [0.29, 0.717) is 13.0 Å². The van der Waals surface area contributed by atoms with Crippen LogP contribution >= 0.6 is 0 Å². The molecule has 4 nitrogen and oxygen atoms in total. The molecular weight excluding hydrogens is 366 g/mol. The minimum Gasteiger partial charge on any atom is -0.544 e. The zero-order valence-corrected chi connectivity index (χ0v) is 18.9. The van der Waals surface area contributed by atoms with Crippen molar-refractivity contribution in [3.8, 4) is 5.75 Å². The fourth-order valence-electron chi connectivity index (χ4n) is 2.60. The van der Waals surface area contributed by atoms with Crippen molar-refractivity contribution in [3.05, 3.63) is 65.7 Å². The molecule has 2 aromatic rings. The maximum atomic E-state index is 12.2. The largest absolute Gasteiger partial charge is 0.544 e. The van der Waals surface area contributed by atoms with Crippen molar-refractivity contribution < 1.29 is 14.0 Å². The van der Waals surface area contributed by atoms with Crippen molar-refractivity contribution in [1.29, 1.82) is 0 Å². The molecule has 1 atom stereocenters. The van der Waals surface area contributed by atoms with E-state index in [9.17, 15) is 4.79 Å². The van der Waals surface area contributed by atoms with Gasteiger partial charge in [0.2, 0.25) is 8.32 Å². The molecule has 0 spiro atoms. The van der Waals surface area contributed by atoms with Crippen LogP contribution in [-0.4, -0.2) is 27.4 Å². The van der Waals surface area contributed by atoms with Gasteiger partial charge in [0, 0.05) is 6.54 Å². The molecule has 0 saturated carbocycles. The molecule has 5 heteroatoms. The van der Waals surface area contributed by atoms with Gasteiger partial charge in [-0.1, -0.05) is 63.2 Å². The Hall–Kier alpha value is -2.11. The summed E-state index contributed by atoms with van der Waals surface area (Å²) in [5, 5.41) is 3.46. The van der Waals surface area contributed by atoms with Gasteiger partial charge in [0.15, 0.2) is 0 Å². The number of ether oxygens (including phenoxy) is 1. The molecule has 0 fully saturated rings. The van der Waals surface area contributed by atoms with Crippen LogP contribution in [-0.2, 0) is 22.5 Å². The van der Waals surface area contributed by atoms with Gasteiger partial charge in [0.1, 0.15) is 11.8 Å². The first-order chi connectivity index (χ1) is 13.1. The number of hydrogen-bond acceptors (Lipinski definition) is 4. The van der Waals surface area contributed by atoms with Gasteiger partial charge in [-0.15, -0.1) is 0 Å². The summed E-state index contributed by atoms with van der Waals surface area (Å²) in [7, 11) is -0.429. The molecule has 0 saturated heterocycles. The van der Waals surface area contributed by atoms with E-state index >= 15 is 0 Å². The monoisotopic (exact) mass is 399 g/mol. The van der Waals surface area contributed by atoms with Gasteiger partial charge in [-0.2, -0.15) is 0 Å². The second kappa shape index (κ2) is 9.39. The van der Waals surface area contributed by atoms with Gasteiger partial charge < -0.3 is 14.5 Å². The molecule has 0 aromatic heterocycles. The second-order valence-corrected chi connectivity index (χ2v) is 13.4. The third-order valence-corrected chi connectivity index (χ3v) is 9.78.